The molecule has 0 saturated carbocycles. The van der Waals surface area contributed by atoms with Crippen LogP contribution >= 0.6 is 0 Å². The van der Waals surface area contributed by atoms with Gasteiger partial charge in [-0.15, -0.1) is 0 Å². The smallest absolute Gasteiger partial charge is 0.234 e. The molecule has 0 bridgehead atoms. The molecule has 21 heavy (non-hydrogen) atoms. The van der Waals surface area contributed by atoms with Gasteiger partial charge in [-0.25, -0.2) is 18.3 Å². The van der Waals surface area contributed by atoms with Gasteiger partial charge in [0.2, 0.25) is 0 Å². The zero-order valence-electron chi connectivity index (χ0n) is 14.9. The zero-order valence-corrected chi connectivity index (χ0v) is 14.9. The molecule has 116 valence electrons. The molecule has 4 nitrogen and oxygen atoms in total. The van der Waals surface area contributed by atoms with E-state index in [1.54, 1.807) is 0 Å². The molecule has 2 aromatic heterocycles. The Hall–Kier alpha value is -1.58. The summed E-state index contributed by atoms with van der Waals surface area (Å²) in [6.45, 7) is 15.4. The average molecular weight is 290 g/mol. The van der Waals surface area contributed by atoms with Crippen molar-refractivity contribution in [3.05, 3.63) is 34.4 Å². The van der Waals surface area contributed by atoms with E-state index >= 15 is 0 Å². The SMILES string of the molecule is Cc1c(C)[n+](C)c(C)n1CCCn1c(C)c(C)[n+](C)c1C. The van der Waals surface area contributed by atoms with Crippen molar-refractivity contribution < 1.29 is 9.13 Å². The van der Waals surface area contributed by atoms with Gasteiger partial charge in [0.15, 0.2) is 0 Å². The molecule has 0 saturated heterocycles. The first-order chi connectivity index (χ1) is 9.77. The summed E-state index contributed by atoms with van der Waals surface area (Å²) in [5.74, 6) is 2.68. The Bertz CT molecular complexity index is 565. The van der Waals surface area contributed by atoms with E-state index in [2.05, 4.69) is 73.9 Å². The molecule has 0 fully saturated rings. The van der Waals surface area contributed by atoms with Gasteiger partial charge in [-0.05, 0) is 0 Å². The minimum absolute atomic E-state index is 1.08. The van der Waals surface area contributed by atoms with Crippen molar-refractivity contribution in [3.8, 4) is 0 Å². The van der Waals surface area contributed by atoms with Gasteiger partial charge in [0.05, 0.1) is 27.2 Å². The quantitative estimate of drug-likeness (QED) is 0.765. The van der Waals surface area contributed by atoms with Crippen LogP contribution in [0.4, 0.5) is 0 Å². The van der Waals surface area contributed by atoms with Crippen molar-refractivity contribution in [1.29, 1.82) is 0 Å². The third-order valence-electron chi connectivity index (χ3n) is 5.38. The highest BCUT2D eigenvalue weighted by Crippen LogP contribution is 2.11. The Labute approximate surface area is 128 Å². The summed E-state index contributed by atoms with van der Waals surface area (Å²) >= 11 is 0. The maximum atomic E-state index is 2.44. The maximum absolute atomic E-state index is 2.44. The second-order valence-electron chi connectivity index (χ2n) is 6.21. The molecule has 0 amide bonds. The highest BCUT2D eigenvalue weighted by molar-refractivity contribution is 5.07. The largest absolute Gasteiger partial charge is 0.253 e. The maximum Gasteiger partial charge on any atom is 0.253 e. The van der Waals surface area contributed by atoms with Crippen LogP contribution in [0.15, 0.2) is 0 Å². The number of aromatic nitrogens is 4. The summed E-state index contributed by atoms with van der Waals surface area (Å²) in [6.07, 6.45) is 1.16. The van der Waals surface area contributed by atoms with Crippen molar-refractivity contribution in [2.75, 3.05) is 0 Å². The van der Waals surface area contributed by atoms with Gasteiger partial charge in [0.25, 0.3) is 11.6 Å². The third kappa shape index (κ3) is 2.52. The molecule has 2 heterocycles. The first-order valence-electron chi connectivity index (χ1n) is 7.82. The lowest BCUT2D eigenvalue weighted by molar-refractivity contribution is -0.683. The van der Waals surface area contributed by atoms with Crippen molar-refractivity contribution >= 4 is 0 Å². The van der Waals surface area contributed by atoms with Crippen LogP contribution < -0.4 is 9.13 Å². The van der Waals surface area contributed by atoms with E-state index in [1.165, 1.54) is 34.4 Å². The highest BCUT2D eigenvalue weighted by atomic mass is 15.2. The number of rotatable bonds is 4. The average Bonchev–Trinajstić information content (AvgIpc) is 2.76. The zero-order chi connectivity index (χ0) is 15.9. The van der Waals surface area contributed by atoms with Crippen molar-refractivity contribution in [1.82, 2.24) is 9.13 Å². The highest BCUT2D eigenvalue weighted by Gasteiger charge is 2.21. The molecule has 0 radical (unpaired) electrons. The molecule has 0 spiro atoms. The lowest BCUT2D eigenvalue weighted by Crippen LogP contribution is -2.33. The summed E-state index contributed by atoms with van der Waals surface area (Å²) in [5, 5.41) is 0. The summed E-state index contributed by atoms with van der Waals surface area (Å²) < 4.78 is 9.45. The Kier molecular flexibility index (Phi) is 4.26. The number of nitrogens with zero attached hydrogens (tertiary/aromatic N) is 4. The van der Waals surface area contributed by atoms with Crippen LogP contribution in [0.3, 0.4) is 0 Å². The van der Waals surface area contributed by atoms with E-state index in [-0.39, 0.29) is 0 Å². The molecular weight excluding hydrogens is 260 g/mol. The van der Waals surface area contributed by atoms with Gasteiger partial charge < -0.3 is 0 Å². The fourth-order valence-corrected chi connectivity index (χ4v) is 3.25. The van der Waals surface area contributed by atoms with Gasteiger partial charge in [-0.2, -0.15) is 0 Å². The van der Waals surface area contributed by atoms with Gasteiger partial charge in [0.1, 0.15) is 22.8 Å². The van der Waals surface area contributed by atoms with Gasteiger partial charge in [-0.3, -0.25) is 0 Å². The van der Waals surface area contributed by atoms with E-state index in [4.69, 9.17) is 0 Å². The van der Waals surface area contributed by atoms with Gasteiger partial charge in [0, 0.05) is 48.0 Å². The van der Waals surface area contributed by atoms with E-state index in [9.17, 15) is 0 Å². The molecule has 4 heteroatoms. The van der Waals surface area contributed by atoms with Crippen LogP contribution in [0.2, 0.25) is 0 Å². The topological polar surface area (TPSA) is 17.6 Å². The Morgan fingerprint density at radius 2 is 1.00 bits per heavy atom. The minimum atomic E-state index is 1.08. The van der Waals surface area contributed by atoms with E-state index in [0.29, 0.717) is 0 Å². The van der Waals surface area contributed by atoms with Gasteiger partial charge >= 0.3 is 0 Å². The van der Waals surface area contributed by atoms with Crippen LogP contribution in [0.25, 0.3) is 0 Å². The molecule has 0 aliphatic carbocycles. The molecule has 0 aliphatic heterocycles. The van der Waals surface area contributed by atoms with Crippen LogP contribution in [0, 0.1) is 41.5 Å². The van der Waals surface area contributed by atoms with Crippen LogP contribution in [0.1, 0.15) is 40.8 Å². The predicted molar refractivity (Wildman–Crippen MR) is 84.3 cm³/mol. The molecule has 0 aromatic carbocycles. The second kappa shape index (κ2) is 5.66. The molecular formula is C17H30N4+2. The molecule has 0 N–H and O–H groups in total. The first-order valence-corrected chi connectivity index (χ1v) is 7.82. The molecule has 2 aromatic rings. The van der Waals surface area contributed by atoms with Crippen LogP contribution in [-0.2, 0) is 27.2 Å². The normalized spacial score (nSPS) is 11.4. The van der Waals surface area contributed by atoms with Gasteiger partial charge in [-0.1, -0.05) is 0 Å². The molecule has 0 atom stereocenters. The standard InChI is InChI=1S/C17H30N4/c1-12-14(3)20(16(5)18(12)7)10-9-11-21-15(4)13(2)19(8)17(21)6/h9-11H2,1-8H3/q+2. The fourth-order valence-electron chi connectivity index (χ4n) is 3.25. The summed E-state index contributed by atoms with van der Waals surface area (Å²) in [4.78, 5) is 0. The predicted octanol–water partition coefficient (Wildman–Crippen LogP) is 1.88. The molecule has 0 aliphatic rings. The monoisotopic (exact) mass is 290 g/mol. The summed E-state index contributed by atoms with van der Waals surface area (Å²) in [6, 6.07) is 0. The Morgan fingerprint density at radius 3 is 1.24 bits per heavy atom. The number of hydrogen-bond acceptors (Lipinski definition) is 0. The van der Waals surface area contributed by atoms with Crippen molar-refractivity contribution in [2.45, 2.75) is 61.1 Å². The number of hydrogen-bond donors (Lipinski definition) is 0. The van der Waals surface area contributed by atoms with E-state index in [1.807, 2.05) is 0 Å². The van der Waals surface area contributed by atoms with E-state index < -0.39 is 0 Å². The fraction of sp³-hybridized carbons (Fsp3) is 0.647. The van der Waals surface area contributed by atoms with Crippen LogP contribution in [0.5, 0.6) is 0 Å². The third-order valence-corrected chi connectivity index (χ3v) is 5.38. The van der Waals surface area contributed by atoms with Crippen molar-refractivity contribution in [2.24, 2.45) is 14.1 Å². The minimum Gasteiger partial charge on any atom is -0.234 e. The summed E-state index contributed by atoms with van der Waals surface area (Å²) in [5.41, 5.74) is 5.50. The Morgan fingerprint density at radius 1 is 0.667 bits per heavy atom. The van der Waals surface area contributed by atoms with Crippen molar-refractivity contribution in [3.63, 3.8) is 0 Å². The summed E-state index contributed by atoms with van der Waals surface area (Å²) in [7, 11) is 4.30. The lowest BCUT2D eigenvalue weighted by Gasteiger charge is -2.03. The second-order valence-corrected chi connectivity index (χ2v) is 6.21. The van der Waals surface area contributed by atoms with Crippen LogP contribution in [-0.4, -0.2) is 9.13 Å². The first kappa shape index (κ1) is 15.8. The van der Waals surface area contributed by atoms with E-state index in [0.717, 1.165) is 19.5 Å². The molecule has 0 unspecified atom stereocenters. The molecule has 2 rings (SSSR count). The Balaban J connectivity index is 2.13. The number of imidazole rings is 2. The lowest BCUT2D eigenvalue weighted by atomic mass is 10.3.